The van der Waals surface area contributed by atoms with Crippen LogP contribution in [0.5, 0.6) is 0 Å². The molecule has 0 spiro atoms. The Morgan fingerprint density at radius 2 is 2.00 bits per heavy atom. The molecule has 1 unspecified atom stereocenters. The zero-order chi connectivity index (χ0) is 18.7. The summed E-state index contributed by atoms with van der Waals surface area (Å²) in [6, 6.07) is 15.1. The van der Waals surface area contributed by atoms with Crippen molar-refractivity contribution in [3.05, 3.63) is 59.2 Å². The summed E-state index contributed by atoms with van der Waals surface area (Å²) in [7, 11) is -3.82. The van der Waals surface area contributed by atoms with Gasteiger partial charge in [0.2, 0.25) is 10.0 Å². The molecule has 0 fully saturated rings. The van der Waals surface area contributed by atoms with Crippen LogP contribution in [0.1, 0.15) is 23.6 Å². The molecule has 0 radical (unpaired) electrons. The van der Waals surface area contributed by atoms with E-state index < -0.39 is 10.0 Å². The van der Waals surface area contributed by atoms with Crippen molar-refractivity contribution in [2.75, 3.05) is 18.4 Å². The first-order valence-corrected chi connectivity index (χ1v) is 10.0. The summed E-state index contributed by atoms with van der Waals surface area (Å²) in [5, 5.41) is 17.7. The molecule has 1 atom stereocenters. The van der Waals surface area contributed by atoms with Crippen molar-refractivity contribution in [3.63, 3.8) is 0 Å². The van der Waals surface area contributed by atoms with Crippen LogP contribution in [0.15, 0.2) is 47.4 Å². The highest BCUT2D eigenvalue weighted by Gasteiger charge is 2.20. The maximum absolute atomic E-state index is 11.4. The number of nitrogens with two attached hydrogens (primary N) is 1. The second-order valence-corrected chi connectivity index (χ2v) is 8.14. The number of hydrogen-bond acceptors (Lipinski definition) is 5. The molecule has 136 valence electrons. The largest absolute Gasteiger partial charge is 0.382 e. The minimum absolute atomic E-state index is 0.0553. The number of fused-ring (bicyclic) bond motifs is 1. The van der Waals surface area contributed by atoms with Crippen LogP contribution in [0.25, 0.3) is 0 Å². The molecule has 3 N–H and O–H groups in total. The first-order chi connectivity index (χ1) is 12.4. The molecule has 0 saturated carbocycles. The third-order valence-corrected chi connectivity index (χ3v) is 5.72. The van der Waals surface area contributed by atoms with Crippen LogP contribution in [0.2, 0.25) is 0 Å². The van der Waals surface area contributed by atoms with Crippen LogP contribution in [0.3, 0.4) is 0 Å². The van der Waals surface area contributed by atoms with Gasteiger partial charge < -0.3 is 5.32 Å². The molecule has 6 nitrogen and oxygen atoms in total. The van der Waals surface area contributed by atoms with Crippen LogP contribution in [-0.4, -0.2) is 32.4 Å². The lowest BCUT2D eigenvalue weighted by atomic mass is 9.99. The van der Waals surface area contributed by atoms with E-state index in [4.69, 9.17) is 5.14 Å². The van der Waals surface area contributed by atoms with Gasteiger partial charge in [-0.3, -0.25) is 4.90 Å². The van der Waals surface area contributed by atoms with Crippen molar-refractivity contribution >= 4 is 15.7 Å². The monoisotopic (exact) mass is 370 g/mol. The highest BCUT2D eigenvalue weighted by molar-refractivity contribution is 7.89. The Morgan fingerprint density at radius 1 is 1.27 bits per heavy atom. The summed E-state index contributed by atoms with van der Waals surface area (Å²) in [6.07, 6.45) is 1.03. The van der Waals surface area contributed by atoms with Crippen molar-refractivity contribution in [1.29, 1.82) is 5.26 Å². The number of hydrogen-bond donors (Lipinski definition) is 2. The van der Waals surface area contributed by atoms with Gasteiger partial charge in [-0.25, -0.2) is 13.6 Å². The smallest absolute Gasteiger partial charge is 0.238 e. The molecule has 26 heavy (non-hydrogen) atoms. The molecule has 0 bridgehead atoms. The van der Waals surface area contributed by atoms with Gasteiger partial charge in [-0.15, -0.1) is 0 Å². The van der Waals surface area contributed by atoms with Gasteiger partial charge in [0.1, 0.15) is 6.07 Å². The number of nitrogens with one attached hydrogen (secondary N) is 1. The van der Waals surface area contributed by atoms with Crippen LogP contribution < -0.4 is 10.5 Å². The number of nitriles is 1. The van der Waals surface area contributed by atoms with E-state index in [0.29, 0.717) is 12.2 Å². The fraction of sp³-hybridized carbons (Fsp3) is 0.316. The first kappa shape index (κ1) is 18.4. The number of sulfonamides is 1. The second kappa shape index (κ2) is 7.46. The minimum Gasteiger partial charge on any atom is -0.382 e. The van der Waals surface area contributed by atoms with Gasteiger partial charge in [-0.1, -0.05) is 24.3 Å². The van der Waals surface area contributed by atoms with Crippen molar-refractivity contribution in [1.82, 2.24) is 4.90 Å². The molecule has 2 aromatic rings. The molecule has 0 aromatic heterocycles. The van der Waals surface area contributed by atoms with Gasteiger partial charge in [0, 0.05) is 25.7 Å². The third-order valence-electron chi connectivity index (χ3n) is 4.81. The third kappa shape index (κ3) is 4.05. The van der Waals surface area contributed by atoms with Crippen LogP contribution in [-0.2, 0) is 23.0 Å². The molecular weight excluding hydrogens is 348 g/mol. The van der Waals surface area contributed by atoms with Gasteiger partial charge in [-0.05, 0) is 42.7 Å². The zero-order valence-electron chi connectivity index (χ0n) is 14.6. The van der Waals surface area contributed by atoms with Crippen LogP contribution >= 0.6 is 0 Å². The Kier molecular flexibility index (Phi) is 5.28. The summed E-state index contributed by atoms with van der Waals surface area (Å²) in [5.74, 6) is 0. The van der Waals surface area contributed by atoms with Crippen molar-refractivity contribution in [2.24, 2.45) is 5.14 Å². The number of anilines is 1. The van der Waals surface area contributed by atoms with Gasteiger partial charge in [0.25, 0.3) is 0 Å². The van der Waals surface area contributed by atoms with Crippen LogP contribution in [0.4, 0.5) is 5.69 Å². The Balaban J connectivity index is 1.67. The van der Waals surface area contributed by atoms with Gasteiger partial charge >= 0.3 is 0 Å². The summed E-state index contributed by atoms with van der Waals surface area (Å²) in [6.45, 7) is 4.71. The molecule has 1 aliphatic rings. The maximum atomic E-state index is 11.4. The number of benzene rings is 2. The van der Waals surface area contributed by atoms with E-state index in [2.05, 4.69) is 41.4 Å². The van der Waals surface area contributed by atoms with Crippen LogP contribution in [0, 0.1) is 11.3 Å². The summed E-state index contributed by atoms with van der Waals surface area (Å²) in [5.41, 5.74) is 3.66. The van der Waals surface area contributed by atoms with E-state index in [1.54, 1.807) is 6.07 Å². The summed E-state index contributed by atoms with van der Waals surface area (Å²) in [4.78, 5) is 2.35. The molecule has 1 heterocycles. The van der Waals surface area contributed by atoms with Gasteiger partial charge in [0.15, 0.2) is 0 Å². The van der Waals surface area contributed by atoms with E-state index in [0.717, 1.165) is 19.5 Å². The molecule has 1 aliphatic heterocycles. The Hall–Kier alpha value is -2.40. The molecule has 2 aromatic carbocycles. The summed E-state index contributed by atoms with van der Waals surface area (Å²) < 4.78 is 22.9. The van der Waals surface area contributed by atoms with Gasteiger partial charge in [0.05, 0.1) is 16.1 Å². The lowest BCUT2D eigenvalue weighted by Gasteiger charge is -2.34. The van der Waals surface area contributed by atoms with E-state index >= 15 is 0 Å². The summed E-state index contributed by atoms with van der Waals surface area (Å²) >= 11 is 0. The quantitative estimate of drug-likeness (QED) is 0.839. The van der Waals surface area contributed by atoms with Crippen molar-refractivity contribution in [3.8, 4) is 6.07 Å². The average molecular weight is 370 g/mol. The van der Waals surface area contributed by atoms with E-state index in [-0.39, 0.29) is 16.5 Å². The van der Waals surface area contributed by atoms with Crippen molar-refractivity contribution < 1.29 is 8.42 Å². The fourth-order valence-corrected chi connectivity index (χ4v) is 3.77. The topological polar surface area (TPSA) is 99.2 Å². The Bertz CT molecular complexity index is 950. The number of rotatable bonds is 5. The standard InChI is InChI=1S/C19H22N4O2S/c1-14(23-9-8-15-4-2-3-5-16(15)13-23)12-22-19-7-6-18(26(21,24)25)10-17(19)11-20/h2-7,10,14,22H,8-9,12-13H2,1H3,(H2,21,24,25). The second-order valence-electron chi connectivity index (χ2n) is 6.58. The lowest BCUT2D eigenvalue weighted by Crippen LogP contribution is -2.41. The fourth-order valence-electron chi connectivity index (χ4n) is 3.23. The number of nitrogens with zero attached hydrogens (tertiary/aromatic N) is 2. The molecular formula is C19H22N4O2S. The minimum atomic E-state index is -3.82. The molecule has 0 amide bonds. The lowest BCUT2D eigenvalue weighted by molar-refractivity contribution is 0.198. The predicted molar refractivity (Wildman–Crippen MR) is 101 cm³/mol. The highest BCUT2D eigenvalue weighted by atomic mass is 32.2. The highest BCUT2D eigenvalue weighted by Crippen LogP contribution is 2.22. The van der Waals surface area contributed by atoms with Crippen molar-refractivity contribution in [2.45, 2.75) is 30.8 Å². The van der Waals surface area contributed by atoms with E-state index in [1.807, 2.05) is 6.07 Å². The maximum Gasteiger partial charge on any atom is 0.238 e. The van der Waals surface area contributed by atoms with E-state index in [1.165, 1.54) is 23.3 Å². The van der Waals surface area contributed by atoms with E-state index in [9.17, 15) is 13.7 Å². The first-order valence-electron chi connectivity index (χ1n) is 8.50. The SMILES string of the molecule is CC(CNc1ccc(S(N)(=O)=O)cc1C#N)N1CCc2ccccc2C1. The molecule has 3 rings (SSSR count). The number of primary sulfonamides is 1. The van der Waals surface area contributed by atoms with Gasteiger partial charge in [-0.2, -0.15) is 5.26 Å². The normalized spacial score (nSPS) is 15.7. The zero-order valence-corrected chi connectivity index (χ0v) is 15.5. The Morgan fingerprint density at radius 3 is 2.69 bits per heavy atom. The molecule has 0 aliphatic carbocycles. The Labute approximate surface area is 154 Å². The molecule has 7 heteroatoms. The predicted octanol–water partition coefficient (Wildman–Crippen LogP) is 2.06. The average Bonchev–Trinajstić information content (AvgIpc) is 2.64. The molecule has 0 saturated heterocycles.